The van der Waals surface area contributed by atoms with Crippen LogP contribution in [0.4, 0.5) is 0 Å². The first-order valence-electron chi connectivity index (χ1n) is 6.32. The quantitative estimate of drug-likeness (QED) is 0.831. The third kappa shape index (κ3) is 2.49. The monoisotopic (exact) mass is 247 g/mol. The molecule has 0 aromatic heterocycles. The lowest BCUT2D eigenvalue weighted by molar-refractivity contribution is -0.119. The Kier molecular flexibility index (Phi) is 3.10. The number of amides is 1. The summed E-state index contributed by atoms with van der Waals surface area (Å²) in [6.07, 6.45) is 4.51. The zero-order valence-electron chi connectivity index (χ0n) is 9.87. The van der Waals surface area contributed by atoms with Crippen LogP contribution >= 0.6 is 11.8 Å². The van der Waals surface area contributed by atoms with Crippen LogP contribution in [-0.2, 0) is 17.6 Å². The fourth-order valence-electron chi connectivity index (χ4n) is 2.63. The maximum Gasteiger partial charge on any atom is 0.220 e. The van der Waals surface area contributed by atoms with Crippen LogP contribution in [0, 0.1) is 5.92 Å². The van der Waals surface area contributed by atoms with Crippen LogP contribution in [0.3, 0.4) is 0 Å². The number of rotatable bonds is 3. The Morgan fingerprint density at radius 3 is 3.00 bits per heavy atom. The molecule has 3 heteroatoms. The number of fused-ring (bicyclic) bond motifs is 1. The maximum absolute atomic E-state index is 11.1. The van der Waals surface area contributed by atoms with E-state index in [1.54, 1.807) is 0 Å². The molecule has 0 spiro atoms. The van der Waals surface area contributed by atoms with Gasteiger partial charge in [-0.25, -0.2) is 0 Å². The smallest absolute Gasteiger partial charge is 0.220 e. The van der Waals surface area contributed by atoms with E-state index in [0.29, 0.717) is 12.3 Å². The van der Waals surface area contributed by atoms with E-state index >= 15 is 0 Å². The van der Waals surface area contributed by atoms with Gasteiger partial charge in [0.25, 0.3) is 0 Å². The van der Waals surface area contributed by atoms with Gasteiger partial charge >= 0.3 is 0 Å². The molecule has 2 nitrogen and oxygen atoms in total. The summed E-state index contributed by atoms with van der Waals surface area (Å²) in [6.45, 7) is 0.858. The fourth-order valence-corrected chi connectivity index (χ4v) is 3.69. The van der Waals surface area contributed by atoms with Gasteiger partial charge in [0, 0.05) is 23.6 Å². The van der Waals surface area contributed by atoms with E-state index in [2.05, 4.69) is 23.5 Å². The molecule has 0 unspecified atom stereocenters. The van der Waals surface area contributed by atoms with Crippen LogP contribution in [-0.4, -0.2) is 18.2 Å². The molecular weight excluding hydrogens is 230 g/mol. The highest BCUT2D eigenvalue weighted by atomic mass is 32.2. The van der Waals surface area contributed by atoms with E-state index in [4.69, 9.17) is 0 Å². The molecule has 1 heterocycles. The second-order valence-corrected chi connectivity index (χ2v) is 6.06. The molecule has 1 aromatic rings. The minimum Gasteiger partial charge on any atom is -0.356 e. The number of hydrogen-bond donors (Lipinski definition) is 1. The van der Waals surface area contributed by atoms with E-state index in [1.165, 1.54) is 35.3 Å². The van der Waals surface area contributed by atoms with Crippen LogP contribution in [0.25, 0.3) is 0 Å². The summed E-state index contributed by atoms with van der Waals surface area (Å²) in [5.74, 6) is 1.78. The van der Waals surface area contributed by atoms with Gasteiger partial charge in [0.15, 0.2) is 0 Å². The normalized spacial score (nSPS) is 22.6. The van der Waals surface area contributed by atoms with Crippen molar-refractivity contribution < 1.29 is 4.79 Å². The largest absolute Gasteiger partial charge is 0.356 e. The van der Waals surface area contributed by atoms with Crippen molar-refractivity contribution >= 4 is 17.7 Å². The summed E-state index contributed by atoms with van der Waals surface area (Å²) < 4.78 is 0. The van der Waals surface area contributed by atoms with Crippen molar-refractivity contribution in [2.75, 3.05) is 12.3 Å². The molecule has 1 aliphatic heterocycles. The molecule has 1 saturated heterocycles. The minimum atomic E-state index is 0.213. The van der Waals surface area contributed by atoms with Gasteiger partial charge in [0.05, 0.1) is 0 Å². The Morgan fingerprint density at radius 1 is 1.29 bits per heavy atom. The number of hydrogen-bond acceptors (Lipinski definition) is 2. The predicted molar refractivity (Wildman–Crippen MR) is 70.3 cm³/mol. The van der Waals surface area contributed by atoms with Crippen LogP contribution in [0.5, 0.6) is 0 Å². The van der Waals surface area contributed by atoms with Gasteiger partial charge in [-0.2, -0.15) is 0 Å². The lowest BCUT2D eigenvalue weighted by Crippen LogP contribution is -2.14. The summed E-state index contributed by atoms with van der Waals surface area (Å²) in [7, 11) is 0. The van der Waals surface area contributed by atoms with Crippen LogP contribution in [0.2, 0.25) is 0 Å². The van der Waals surface area contributed by atoms with E-state index < -0.39 is 0 Å². The summed E-state index contributed by atoms with van der Waals surface area (Å²) in [5, 5.41) is 2.90. The first kappa shape index (κ1) is 11.1. The second-order valence-electron chi connectivity index (χ2n) is 4.97. The van der Waals surface area contributed by atoms with Gasteiger partial charge in [-0.3, -0.25) is 4.79 Å². The molecule has 0 saturated carbocycles. The van der Waals surface area contributed by atoms with Crippen molar-refractivity contribution in [3.8, 4) is 0 Å². The first-order chi connectivity index (χ1) is 8.31. The van der Waals surface area contributed by atoms with Gasteiger partial charge in [0.1, 0.15) is 0 Å². The average Bonchev–Trinajstić information content (AvgIpc) is 2.94. The third-order valence-corrected chi connectivity index (χ3v) is 4.84. The molecule has 90 valence electrons. The Balaban J connectivity index is 1.60. The Hall–Kier alpha value is -0.960. The van der Waals surface area contributed by atoms with Crippen LogP contribution in [0.15, 0.2) is 23.1 Å². The summed E-state index contributed by atoms with van der Waals surface area (Å²) in [6, 6.07) is 6.86. The minimum absolute atomic E-state index is 0.213. The van der Waals surface area contributed by atoms with Gasteiger partial charge < -0.3 is 5.32 Å². The molecule has 1 aromatic carbocycles. The number of aryl methyl sites for hydroxylation is 2. The fraction of sp³-hybridized carbons (Fsp3) is 0.500. The van der Waals surface area contributed by atoms with E-state index in [1.807, 2.05) is 11.8 Å². The van der Waals surface area contributed by atoms with Gasteiger partial charge in [-0.05, 0) is 48.4 Å². The Labute approximate surface area is 106 Å². The molecule has 1 atom stereocenters. The number of nitrogens with one attached hydrogen (secondary N) is 1. The van der Waals surface area contributed by atoms with Crippen molar-refractivity contribution in [3.63, 3.8) is 0 Å². The van der Waals surface area contributed by atoms with Crippen molar-refractivity contribution in [1.29, 1.82) is 0 Å². The molecule has 1 fully saturated rings. The van der Waals surface area contributed by atoms with Crippen LogP contribution < -0.4 is 5.32 Å². The number of carbonyl (C=O) groups excluding carboxylic acids is 1. The maximum atomic E-state index is 11.1. The summed E-state index contributed by atoms with van der Waals surface area (Å²) >= 11 is 1.89. The highest BCUT2D eigenvalue weighted by molar-refractivity contribution is 7.99. The Morgan fingerprint density at radius 2 is 2.18 bits per heavy atom. The SMILES string of the molecule is O=C1C[C@@H](CSc2ccc3c(c2)CCC3)CN1. The van der Waals surface area contributed by atoms with Gasteiger partial charge in [-0.15, -0.1) is 11.8 Å². The zero-order valence-corrected chi connectivity index (χ0v) is 10.7. The van der Waals surface area contributed by atoms with E-state index in [0.717, 1.165) is 12.3 Å². The molecule has 2 aliphatic rings. The van der Waals surface area contributed by atoms with Crippen molar-refractivity contribution in [2.24, 2.45) is 5.92 Å². The molecule has 1 amide bonds. The average molecular weight is 247 g/mol. The van der Waals surface area contributed by atoms with Crippen molar-refractivity contribution in [2.45, 2.75) is 30.6 Å². The van der Waals surface area contributed by atoms with Crippen LogP contribution in [0.1, 0.15) is 24.0 Å². The molecule has 0 bridgehead atoms. The number of thioether (sulfide) groups is 1. The second kappa shape index (κ2) is 4.73. The molecule has 1 N–H and O–H groups in total. The van der Waals surface area contributed by atoms with E-state index in [9.17, 15) is 4.79 Å². The van der Waals surface area contributed by atoms with Gasteiger partial charge in [0.2, 0.25) is 5.91 Å². The Bertz CT molecular complexity index is 444. The third-order valence-electron chi connectivity index (χ3n) is 3.62. The van der Waals surface area contributed by atoms with Gasteiger partial charge in [-0.1, -0.05) is 6.07 Å². The van der Waals surface area contributed by atoms with Crippen molar-refractivity contribution in [3.05, 3.63) is 29.3 Å². The van der Waals surface area contributed by atoms with Crippen molar-refractivity contribution in [1.82, 2.24) is 5.32 Å². The number of carbonyl (C=O) groups is 1. The topological polar surface area (TPSA) is 29.1 Å². The lowest BCUT2D eigenvalue weighted by Gasteiger charge is -2.08. The zero-order chi connectivity index (χ0) is 11.7. The lowest BCUT2D eigenvalue weighted by atomic mass is 10.1. The highest BCUT2D eigenvalue weighted by Gasteiger charge is 2.21. The first-order valence-corrected chi connectivity index (χ1v) is 7.31. The number of benzene rings is 1. The summed E-state index contributed by atoms with van der Waals surface area (Å²) in [4.78, 5) is 12.5. The molecule has 0 radical (unpaired) electrons. The molecule has 1 aliphatic carbocycles. The summed E-state index contributed by atoms with van der Waals surface area (Å²) in [5.41, 5.74) is 3.07. The predicted octanol–water partition coefficient (Wildman–Crippen LogP) is 2.40. The molecule has 3 rings (SSSR count). The molecule has 17 heavy (non-hydrogen) atoms. The molecular formula is C14H17NOS. The standard InChI is InChI=1S/C14H17NOS/c16-14-6-10(8-15-14)9-17-13-5-4-11-2-1-3-12(11)7-13/h4-5,7,10H,1-3,6,8-9H2,(H,15,16)/t10-/m1/s1. The highest BCUT2D eigenvalue weighted by Crippen LogP contribution is 2.29. The van der Waals surface area contributed by atoms with E-state index in [-0.39, 0.29) is 5.91 Å².